The highest BCUT2D eigenvalue weighted by atomic mass is 16.8. The van der Waals surface area contributed by atoms with E-state index in [1.54, 1.807) is 27.7 Å². The fraction of sp³-hybridized carbons (Fsp3) is 0.946. The minimum atomic E-state index is -2.91. The third-order valence-corrected chi connectivity index (χ3v) is 12.9. The van der Waals surface area contributed by atoms with Crippen molar-refractivity contribution in [3.63, 3.8) is 0 Å². The van der Waals surface area contributed by atoms with E-state index < -0.39 is 184 Å². The van der Waals surface area contributed by atoms with E-state index in [9.17, 15) is 81.1 Å². The van der Waals surface area contributed by atoms with E-state index in [2.05, 4.69) is 0 Å². The van der Waals surface area contributed by atoms with Crippen LogP contribution >= 0.6 is 0 Å². The van der Waals surface area contributed by atoms with Gasteiger partial charge in [-0.2, -0.15) is 0 Å². The Morgan fingerprint density at radius 1 is 0.700 bits per heavy atom. The molecule has 14 N–H and O–H groups in total. The van der Waals surface area contributed by atoms with Crippen LogP contribution in [-0.2, 0) is 42.7 Å². The Bertz CT molecular complexity index is 1430. The van der Waals surface area contributed by atoms with E-state index in [0.717, 1.165) is 0 Å². The average Bonchev–Trinajstić information content (AvgIpc) is 3.20. The lowest BCUT2D eigenvalue weighted by molar-refractivity contribution is -0.386. The van der Waals surface area contributed by atoms with Crippen molar-refractivity contribution >= 4 is 11.9 Å². The van der Waals surface area contributed by atoms with E-state index >= 15 is 0 Å². The number of hydrogen-bond donors (Lipinski definition) is 14. The Hall–Kier alpha value is -1.82. The number of ether oxygens (including phenoxy) is 7. The zero-order chi connectivity index (χ0) is 45.4. The summed E-state index contributed by atoms with van der Waals surface area (Å²) < 4.78 is 41.2. The molecule has 4 heterocycles. The Morgan fingerprint density at radius 2 is 1.17 bits per heavy atom. The molecule has 0 amide bonds. The lowest BCUT2D eigenvalue weighted by atomic mass is 9.73. The second-order valence-electron chi connectivity index (χ2n) is 17.0. The van der Waals surface area contributed by atoms with Crippen LogP contribution in [0.5, 0.6) is 0 Å². The first-order valence-corrected chi connectivity index (χ1v) is 19.9. The minimum absolute atomic E-state index is 0.365. The highest BCUT2D eigenvalue weighted by Crippen LogP contribution is 2.45. The van der Waals surface area contributed by atoms with Gasteiger partial charge in [0.05, 0.1) is 62.5 Å². The van der Waals surface area contributed by atoms with Gasteiger partial charge in [0.15, 0.2) is 6.29 Å². The molecule has 4 aliphatic rings. The van der Waals surface area contributed by atoms with Crippen molar-refractivity contribution in [2.45, 2.75) is 169 Å². The molecular weight excluding hydrogens is 812 g/mol. The van der Waals surface area contributed by atoms with Gasteiger partial charge in [0.2, 0.25) is 0 Å². The molecule has 0 bridgehead atoms. The van der Waals surface area contributed by atoms with Crippen molar-refractivity contribution < 1.29 is 114 Å². The summed E-state index contributed by atoms with van der Waals surface area (Å²) in [6.07, 6.45) is -29.5. The van der Waals surface area contributed by atoms with E-state index in [4.69, 9.17) is 33.2 Å². The molecule has 22 atom stereocenters. The zero-order valence-electron chi connectivity index (χ0n) is 34.2. The quantitative estimate of drug-likeness (QED) is 0.0648. The first-order chi connectivity index (χ1) is 27.9. The van der Waals surface area contributed by atoms with Crippen LogP contribution in [0.25, 0.3) is 0 Å². The molecule has 0 aliphatic carbocycles. The van der Waals surface area contributed by atoms with Gasteiger partial charge < -0.3 is 105 Å². The molecule has 23 nitrogen and oxygen atoms in total. The number of aliphatic hydroxyl groups excluding tert-OH is 12. The first-order valence-electron chi connectivity index (χ1n) is 19.9. The Kier molecular flexibility index (Phi) is 16.9. The summed E-state index contributed by atoms with van der Waals surface area (Å²) in [4.78, 5) is 25.5. The first kappa shape index (κ1) is 50.8. The molecule has 4 rings (SSSR count). The molecule has 23 heteroatoms. The molecule has 7 unspecified atom stereocenters. The second-order valence-corrected chi connectivity index (χ2v) is 17.0. The maximum Gasteiger partial charge on any atom is 0.364 e. The van der Waals surface area contributed by atoms with Gasteiger partial charge in [-0.25, -0.2) is 9.59 Å². The summed E-state index contributed by atoms with van der Waals surface area (Å²) in [6, 6.07) is 0. The van der Waals surface area contributed by atoms with E-state index in [1.807, 2.05) is 0 Å². The van der Waals surface area contributed by atoms with Gasteiger partial charge in [0, 0.05) is 30.6 Å². The predicted octanol–water partition coefficient (Wildman–Crippen LogP) is -5.42. The number of carboxylic acid groups (broad SMARTS) is 2. The molecular formula is C37H64O23. The lowest BCUT2D eigenvalue weighted by Crippen LogP contribution is -2.68. The summed E-state index contributed by atoms with van der Waals surface area (Å²) in [5.41, 5.74) is -1.23. The largest absolute Gasteiger partial charge is 0.477 e. The van der Waals surface area contributed by atoms with Crippen LogP contribution in [0.1, 0.15) is 54.4 Å². The fourth-order valence-electron chi connectivity index (χ4n) is 8.31. The molecule has 0 spiro atoms. The molecule has 4 fully saturated rings. The molecule has 350 valence electrons. The van der Waals surface area contributed by atoms with E-state index in [1.165, 1.54) is 13.8 Å². The van der Waals surface area contributed by atoms with Gasteiger partial charge in [-0.3, -0.25) is 0 Å². The van der Waals surface area contributed by atoms with Gasteiger partial charge in [-0.05, 0) is 12.8 Å². The third-order valence-electron chi connectivity index (χ3n) is 12.9. The summed E-state index contributed by atoms with van der Waals surface area (Å²) in [7, 11) is 0. The SMILES string of the molecule is CC(C)C1(C)OC(CO[C@]2(C(=O)O)C[C@@H](O)[C@@H](C)C([C@H](O)[C@H](O)CO)O2)C(O)[C@H](O[C@@H]2OC(CO)[C@H](O)[C@H](O[C@]3(C(=O)O)C[C@@H](O)[C@@H](C)C([C@H](O)[C@H](O)CO)O3)C2O)[C@@H]1C. The van der Waals surface area contributed by atoms with Gasteiger partial charge in [0.25, 0.3) is 11.6 Å². The highest BCUT2D eigenvalue weighted by Gasteiger charge is 2.61. The Labute approximate surface area is 345 Å². The van der Waals surface area contributed by atoms with E-state index in [0.29, 0.717) is 0 Å². The minimum Gasteiger partial charge on any atom is -0.477 e. The van der Waals surface area contributed by atoms with Crippen LogP contribution in [0.4, 0.5) is 0 Å². The fourth-order valence-corrected chi connectivity index (χ4v) is 8.31. The molecule has 0 aromatic rings. The summed E-state index contributed by atoms with van der Waals surface area (Å²) in [6.45, 7) is 6.03. The van der Waals surface area contributed by atoms with Crippen molar-refractivity contribution in [1.29, 1.82) is 0 Å². The molecule has 0 radical (unpaired) electrons. The van der Waals surface area contributed by atoms with E-state index in [-0.39, 0.29) is 5.92 Å². The number of aliphatic carboxylic acids is 2. The van der Waals surface area contributed by atoms with Crippen molar-refractivity contribution in [2.24, 2.45) is 23.7 Å². The summed E-state index contributed by atoms with van der Waals surface area (Å²) in [5.74, 6) is -12.3. The molecule has 4 saturated heterocycles. The van der Waals surface area contributed by atoms with Crippen LogP contribution in [-0.4, -0.2) is 225 Å². The number of hydrogen-bond acceptors (Lipinski definition) is 21. The topological polar surface area (TPSA) is 382 Å². The van der Waals surface area contributed by atoms with Crippen molar-refractivity contribution in [2.75, 3.05) is 26.4 Å². The van der Waals surface area contributed by atoms with Crippen molar-refractivity contribution in [1.82, 2.24) is 0 Å². The van der Waals surface area contributed by atoms with Gasteiger partial charge >= 0.3 is 11.9 Å². The zero-order valence-corrected chi connectivity index (χ0v) is 34.2. The van der Waals surface area contributed by atoms with Gasteiger partial charge in [-0.1, -0.05) is 34.6 Å². The third kappa shape index (κ3) is 9.79. The maximum absolute atomic E-state index is 12.8. The number of carboxylic acids is 2. The van der Waals surface area contributed by atoms with Crippen molar-refractivity contribution in [3.8, 4) is 0 Å². The highest BCUT2D eigenvalue weighted by molar-refractivity contribution is 5.76. The number of carbonyl (C=O) groups is 2. The molecule has 0 aromatic carbocycles. The van der Waals surface area contributed by atoms with Crippen LogP contribution in [0.2, 0.25) is 0 Å². The Balaban J connectivity index is 1.64. The maximum atomic E-state index is 12.8. The van der Waals surface area contributed by atoms with Crippen molar-refractivity contribution in [3.05, 3.63) is 0 Å². The molecule has 0 saturated carbocycles. The van der Waals surface area contributed by atoms with Crippen LogP contribution < -0.4 is 0 Å². The van der Waals surface area contributed by atoms with Crippen LogP contribution in [0.15, 0.2) is 0 Å². The second kappa shape index (κ2) is 19.9. The lowest BCUT2D eigenvalue weighted by Gasteiger charge is -2.54. The van der Waals surface area contributed by atoms with Gasteiger partial charge in [-0.15, -0.1) is 0 Å². The van der Waals surface area contributed by atoms with Crippen LogP contribution in [0.3, 0.4) is 0 Å². The molecule has 0 aromatic heterocycles. The normalized spacial score (nSPS) is 46.1. The average molecular weight is 877 g/mol. The number of aliphatic hydroxyl groups is 12. The smallest absolute Gasteiger partial charge is 0.364 e. The Morgan fingerprint density at radius 3 is 1.62 bits per heavy atom. The van der Waals surface area contributed by atoms with Crippen LogP contribution in [0, 0.1) is 23.7 Å². The monoisotopic (exact) mass is 876 g/mol. The number of rotatable bonds is 17. The van der Waals surface area contributed by atoms with Gasteiger partial charge in [0.1, 0.15) is 61.0 Å². The predicted molar refractivity (Wildman–Crippen MR) is 195 cm³/mol. The summed E-state index contributed by atoms with van der Waals surface area (Å²) >= 11 is 0. The molecule has 60 heavy (non-hydrogen) atoms. The molecule has 4 aliphatic heterocycles. The standard InChI is InChI=1S/C37H64O23/c1-13(2)35(6)16(5)30(26(48)22(57-35)12-54-36(33(50)51)7-17(41)14(3)28(58-36)23(45)19(43)9-38)56-32-27(49)31(25(47)21(11-40)55-32)60-37(34(52)53)8-18(42)15(4)29(59-37)24(46)20(44)10-39/h13-32,38-49H,7-12H2,1-6H3,(H,50,51)(H,52,53)/t14-,15-,16+,17-,18-,19-,20-,21?,22?,23-,24-,25+,26?,27?,28?,29?,30-,31+,32+,35?,36-,37+/m1/s1. The summed E-state index contributed by atoms with van der Waals surface area (Å²) in [5, 5.41) is 148.